The Hall–Kier alpha value is -2.18. The highest BCUT2D eigenvalue weighted by Crippen LogP contribution is 2.15. The van der Waals surface area contributed by atoms with Gasteiger partial charge in [-0.3, -0.25) is 4.79 Å². The van der Waals surface area contributed by atoms with Crippen LogP contribution in [0.2, 0.25) is 0 Å². The average molecular weight is 403 g/mol. The van der Waals surface area contributed by atoms with Gasteiger partial charge in [-0.25, -0.2) is 13.1 Å². The number of aryl methyl sites for hydroxylation is 2. The summed E-state index contributed by atoms with van der Waals surface area (Å²) >= 11 is 0. The van der Waals surface area contributed by atoms with Crippen LogP contribution in [0.15, 0.2) is 53.4 Å². The normalized spacial score (nSPS) is 12.6. The molecule has 1 unspecified atom stereocenters. The maximum Gasteiger partial charge on any atom is 0.240 e. The molecule has 5 nitrogen and oxygen atoms in total. The van der Waals surface area contributed by atoms with Crippen molar-refractivity contribution in [1.29, 1.82) is 0 Å². The molecule has 1 amide bonds. The fourth-order valence-electron chi connectivity index (χ4n) is 2.89. The molecule has 0 heterocycles. The van der Waals surface area contributed by atoms with Crippen LogP contribution in [0, 0.1) is 13.8 Å². The quantitative estimate of drug-likeness (QED) is 0.694. The van der Waals surface area contributed by atoms with Crippen LogP contribution in [0.1, 0.15) is 43.4 Å². The first-order valence-corrected chi connectivity index (χ1v) is 11.1. The van der Waals surface area contributed by atoms with E-state index in [0.29, 0.717) is 6.54 Å². The highest BCUT2D eigenvalue weighted by molar-refractivity contribution is 7.89. The predicted octanol–water partition coefficient (Wildman–Crippen LogP) is 3.80. The highest BCUT2D eigenvalue weighted by Gasteiger charge is 2.20. The third-order valence-electron chi connectivity index (χ3n) is 5.06. The van der Waals surface area contributed by atoms with Gasteiger partial charge in [0.15, 0.2) is 0 Å². The summed E-state index contributed by atoms with van der Waals surface area (Å²) in [7, 11) is -3.63. The van der Waals surface area contributed by atoms with E-state index in [1.807, 2.05) is 62.9 Å². The molecular formula is C22H30N2O3S. The van der Waals surface area contributed by atoms with E-state index in [1.165, 1.54) is 0 Å². The number of carbonyl (C=O) groups excluding carboxylic acids is 1. The zero-order valence-corrected chi connectivity index (χ0v) is 17.9. The van der Waals surface area contributed by atoms with E-state index in [-0.39, 0.29) is 29.8 Å². The predicted molar refractivity (Wildman–Crippen MR) is 112 cm³/mol. The van der Waals surface area contributed by atoms with E-state index in [9.17, 15) is 13.2 Å². The summed E-state index contributed by atoms with van der Waals surface area (Å²) in [6, 6.07) is 15.0. The number of carbonyl (C=O) groups is 1. The Morgan fingerprint density at radius 3 is 2.36 bits per heavy atom. The summed E-state index contributed by atoms with van der Waals surface area (Å²) in [5.41, 5.74) is 3.02. The number of hydrogen-bond acceptors (Lipinski definition) is 3. The molecule has 0 radical (unpaired) electrons. The third-order valence-corrected chi connectivity index (χ3v) is 6.52. The smallest absolute Gasteiger partial charge is 0.240 e. The van der Waals surface area contributed by atoms with Crippen molar-refractivity contribution in [3.8, 4) is 0 Å². The Balaban J connectivity index is 2.00. The molecule has 2 aromatic rings. The number of sulfonamides is 1. The van der Waals surface area contributed by atoms with E-state index in [0.717, 1.165) is 23.1 Å². The maximum absolute atomic E-state index is 12.8. The van der Waals surface area contributed by atoms with Gasteiger partial charge in [0.05, 0.1) is 4.90 Å². The lowest BCUT2D eigenvalue weighted by Crippen LogP contribution is -2.39. The van der Waals surface area contributed by atoms with Crippen LogP contribution in [0.4, 0.5) is 0 Å². The minimum atomic E-state index is -3.63. The Morgan fingerprint density at radius 2 is 1.75 bits per heavy atom. The van der Waals surface area contributed by atoms with Crippen molar-refractivity contribution in [1.82, 2.24) is 9.62 Å². The van der Waals surface area contributed by atoms with Crippen LogP contribution >= 0.6 is 0 Å². The third kappa shape index (κ3) is 5.91. The second-order valence-electron chi connectivity index (χ2n) is 7.16. The van der Waals surface area contributed by atoms with Gasteiger partial charge in [0.1, 0.15) is 0 Å². The van der Waals surface area contributed by atoms with E-state index in [2.05, 4.69) is 4.72 Å². The van der Waals surface area contributed by atoms with Crippen molar-refractivity contribution in [2.24, 2.45) is 0 Å². The van der Waals surface area contributed by atoms with Crippen LogP contribution in [0.3, 0.4) is 0 Å². The molecule has 1 atom stereocenters. The molecule has 0 aliphatic carbocycles. The van der Waals surface area contributed by atoms with Crippen LogP contribution in [0.5, 0.6) is 0 Å². The molecule has 1 N–H and O–H groups in total. The minimum Gasteiger partial charge on any atom is -0.336 e. The van der Waals surface area contributed by atoms with Crippen LogP contribution in [0.25, 0.3) is 0 Å². The van der Waals surface area contributed by atoms with Crippen LogP contribution in [-0.4, -0.2) is 31.8 Å². The Kier molecular flexibility index (Phi) is 7.78. The van der Waals surface area contributed by atoms with Gasteiger partial charge in [-0.05, 0) is 56.0 Å². The van der Waals surface area contributed by atoms with Gasteiger partial charge in [-0.1, -0.05) is 43.3 Å². The summed E-state index contributed by atoms with van der Waals surface area (Å²) in [6.07, 6.45) is 0.966. The topological polar surface area (TPSA) is 66.5 Å². The van der Waals surface area contributed by atoms with Gasteiger partial charge in [-0.15, -0.1) is 0 Å². The SMILES string of the molecule is CCC(C)N(Cc1ccccc1)C(=O)CCNS(=O)(=O)c1ccc(C)c(C)c1. The second kappa shape index (κ2) is 9.85. The number of nitrogens with zero attached hydrogens (tertiary/aromatic N) is 1. The lowest BCUT2D eigenvalue weighted by atomic mass is 10.1. The van der Waals surface area contributed by atoms with Gasteiger partial charge in [0.25, 0.3) is 0 Å². The van der Waals surface area contributed by atoms with Gasteiger partial charge >= 0.3 is 0 Å². The molecule has 6 heteroatoms. The van der Waals surface area contributed by atoms with E-state index >= 15 is 0 Å². The van der Waals surface area contributed by atoms with E-state index in [4.69, 9.17) is 0 Å². The molecule has 0 aliphatic rings. The minimum absolute atomic E-state index is 0.0546. The Bertz CT molecular complexity index is 895. The van der Waals surface area contributed by atoms with Gasteiger partial charge in [-0.2, -0.15) is 0 Å². The van der Waals surface area contributed by atoms with Gasteiger partial charge in [0.2, 0.25) is 15.9 Å². The van der Waals surface area contributed by atoms with Crippen molar-refractivity contribution in [3.05, 3.63) is 65.2 Å². The zero-order valence-electron chi connectivity index (χ0n) is 17.1. The number of benzene rings is 2. The van der Waals surface area contributed by atoms with E-state index < -0.39 is 10.0 Å². The first-order chi connectivity index (χ1) is 13.2. The molecule has 2 aromatic carbocycles. The van der Waals surface area contributed by atoms with Crippen molar-refractivity contribution < 1.29 is 13.2 Å². The molecular weight excluding hydrogens is 372 g/mol. The van der Waals surface area contributed by atoms with Crippen molar-refractivity contribution in [2.45, 2.75) is 58.0 Å². The zero-order chi connectivity index (χ0) is 20.7. The molecule has 0 aliphatic heterocycles. The lowest BCUT2D eigenvalue weighted by Gasteiger charge is -2.29. The molecule has 0 bridgehead atoms. The summed E-state index contributed by atoms with van der Waals surface area (Å²) < 4.78 is 27.5. The highest BCUT2D eigenvalue weighted by atomic mass is 32.2. The second-order valence-corrected chi connectivity index (χ2v) is 8.93. The maximum atomic E-state index is 12.8. The van der Waals surface area contributed by atoms with Crippen molar-refractivity contribution in [3.63, 3.8) is 0 Å². The monoisotopic (exact) mass is 402 g/mol. The van der Waals surface area contributed by atoms with Crippen LogP contribution in [-0.2, 0) is 21.4 Å². The fourth-order valence-corrected chi connectivity index (χ4v) is 4.01. The van der Waals surface area contributed by atoms with Gasteiger partial charge < -0.3 is 4.90 Å². The lowest BCUT2D eigenvalue weighted by molar-refractivity contribution is -0.133. The Morgan fingerprint density at radius 1 is 1.07 bits per heavy atom. The first kappa shape index (κ1) is 22.1. The number of amides is 1. The first-order valence-electron chi connectivity index (χ1n) is 9.65. The summed E-state index contributed by atoms with van der Waals surface area (Å²) in [5, 5.41) is 0. The number of hydrogen-bond donors (Lipinski definition) is 1. The summed E-state index contributed by atoms with van der Waals surface area (Å²) in [4.78, 5) is 14.8. The standard InChI is InChI=1S/C22H30N2O3S/c1-5-19(4)24(16-20-9-7-6-8-10-20)22(25)13-14-23-28(26,27)21-12-11-17(2)18(3)15-21/h6-12,15,19,23H,5,13-14,16H2,1-4H3. The summed E-state index contributed by atoms with van der Waals surface area (Å²) in [6.45, 7) is 8.48. The molecule has 152 valence electrons. The molecule has 0 spiro atoms. The molecule has 2 rings (SSSR count). The molecule has 0 saturated heterocycles. The molecule has 0 aromatic heterocycles. The summed E-state index contributed by atoms with van der Waals surface area (Å²) in [5.74, 6) is -0.0546. The van der Waals surface area contributed by atoms with Crippen LogP contribution < -0.4 is 4.72 Å². The van der Waals surface area contributed by atoms with Crippen molar-refractivity contribution in [2.75, 3.05) is 6.54 Å². The Labute approximate surface area is 168 Å². The molecule has 0 fully saturated rings. The molecule has 28 heavy (non-hydrogen) atoms. The number of nitrogens with one attached hydrogen (secondary N) is 1. The van der Waals surface area contributed by atoms with Gasteiger partial charge in [0, 0.05) is 25.6 Å². The van der Waals surface area contributed by atoms with Crippen molar-refractivity contribution >= 4 is 15.9 Å². The average Bonchev–Trinajstić information content (AvgIpc) is 2.68. The number of rotatable bonds is 9. The van der Waals surface area contributed by atoms with E-state index in [1.54, 1.807) is 18.2 Å². The fraction of sp³-hybridized carbons (Fsp3) is 0.409. The molecule has 0 saturated carbocycles. The largest absolute Gasteiger partial charge is 0.336 e.